The molecular weight excluding hydrogens is 400 g/mol. The molecule has 1 amide bonds. The van der Waals surface area contributed by atoms with Crippen molar-refractivity contribution in [1.29, 1.82) is 0 Å². The van der Waals surface area contributed by atoms with Crippen LogP contribution < -0.4 is 5.32 Å². The molecule has 2 atom stereocenters. The van der Waals surface area contributed by atoms with E-state index in [9.17, 15) is 13.2 Å². The van der Waals surface area contributed by atoms with Gasteiger partial charge in [0.1, 0.15) is 5.58 Å². The van der Waals surface area contributed by atoms with Gasteiger partial charge in [-0.05, 0) is 62.0 Å². The average molecular weight is 433 g/mol. The Morgan fingerprint density at radius 2 is 1.93 bits per heavy atom. The number of hydrogen-bond acceptors (Lipinski definition) is 5. The van der Waals surface area contributed by atoms with Gasteiger partial charge in [0, 0.05) is 17.0 Å². The lowest BCUT2D eigenvalue weighted by Crippen LogP contribution is -2.52. The van der Waals surface area contributed by atoms with Crippen molar-refractivity contribution >= 4 is 26.7 Å². The zero-order valence-electron chi connectivity index (χ0n) is 18.1. The summed E-state index contributed by atoms with van der Waals surface area (Å²) in [5, 5.41) is 4.00. The van der Waals surface area contributed by atoms with E-state index in [1.807, 2.05) is 6.07 Å². The van der Waals surface area contributed by atoms with Gasteiger partial charge in [-0.3, -0.25) is 9.69 Å². The highest BCUT2D eigenvalue weighted by atomic mass is 32.2. The third kappa shape index (κ3) is 4.42. The van der Waals surface area contributed by atoms with Crippen LogP contribution in [0.4, 0.5) is 0 Å². The van der Waals surface area contributed by atoms with E-state index in [1.54, 1.807) is 6.26 Å². The van der Waals surface area contributed by atoms with Gasteiger partial charge < -0.3 is 9.73 Å². The smallest absolute Gasteiger partial charge is 0.224 e. The molecule has 2 aliphatic heterocycles. The minimum absolute atomic E-state index is 0.0305. The van der Waals surface area contributed by atoms with Gasteiger partial charge in [-0.2, -0.15) is 0 Å². The summed E-state index contributed by atoms with van der Waals surface area (Å²) in [6.45, 7) is 8.21. The fourth-order valence-corrected chi connectivity index (χ4v) is 6.96. The van der Waals surface area contributed by atoms with Crippen LogP contribution in [0.2, 0.25) is 0 Å². The van der Waals surface area contributed by atoms with Gasteiger partial charge in [0.15, 0.2) is 9.84 Å². The largest absolute Gasteiger partial charge is 0.464 e. The van der Waals surface area contributed by atoms with Crippen molar-refractivity contribution in [3.63, 3.8) is 0 Å². The molecule has 2 fully saturated rings. The van der Waals surface area contributed by atoms with Gasteiger partial charge in [-0.25, -0.2) is 8.42 Å². The van der Waals surface area contributed by atoms with E-state index < -0.39 is 9.84 Å². The number of fused-ring (bicyclic) bond motifs is 1. The van der Waals surface area contributed by atoms with Crippen molar-refractivity contribution in [3.8, 4) is 0 Å². The van der Waals surface area contributed by atoms with Crippen molar-refractivity contribution in [2.75, 3.05) is 24.6 Å². The molecule has 1 aromatic heterocycles. The van der Waals surface area contributed by atoms with Gasteiger partial charge in [-0.15, -0.1) is 0 Å². The number of sulfone groups is 1. The molecule has 0 spiro atoms. The number of carbonyl (C=O) groups is 1. The third-order valence-electron chi connectivity index (χ3n) is 6.54. The summed E-state index contributed by atoms with van der Waals surface area (Å²) in [4.78, 5) is 15.1. The Morgan fingerprint density at radius 1 is 1.20 bits per heavy atom. The quantitative estimate of drug-likeness (QED) is 0.785. The second-order valence-corrected chi connectivity index (χ2v) is 11.4. The number of benzene rings is 1. The lowest BCUT2D eigenvalue weighted by atomic mass is 9.95. The number of nitrogens with zero attached hydrogens (tertiary/aromatic N) is 1. The summed E-state index contributed by atoms with van der Waals surface area (Å²) in [6, 6.07) is 3.70. The van der Waals surface area contributed by atoms with Crippen LogP contribution in [0.1, 0.15) is 55.7 Å². The zero-order chi connectivity index (χ0) is 21.5. The number of likely N-dealkylation sites (tertiary alicyclic amines) is 1. The third-order valence-corrected chi connectivity index (χ3v) is 8.26. The lowest BCUT2D eigenvalue weighted by molar-refractivity contribution is -0.121. The molecule has 2 aliphatic rings. The van der Waals surface area contributed by atoms with Crippen LogP contribution >= 0.6 is 0 Å². The maximum Gasteiger partial charge on any atom is 0.224 e. The van der Waals surface area contributed by atoms with Crippen LogP contribution in [0.25, 0.3) is 11.0 Å². The number of amides is 1. The molecule has 0 radical (unpaired) electrons. The Bertz CT molecular complexity index is 1030. The number of carbonyl (C=O) groups excluding carboxylic acids is 1. The van der Waals surface area contributed by atoms with Crippen molar-refractivity contribution in [2.24, 2.45) is 0 Å². The van der Waals surface area contributed by atoms with Gasteiger partial charge in [0.05, 0.1) is 30.2 Å². The normalized spacial score (nSPS) is 24.5. The molecule has 3 heterocycles. The monoisotopic (exact) mass is 432 g/mol. The number of aryl methyl sites for hydroxylation is 1. The van der Waals surface area contributed by atoms with Crippen LogP contribution in [0.3, 0.4) is 0 Å². The van der Waals surface area contributed by atoms with Crippen LogP contribution in [-0.4, -0.2) is 55.9 Å². The summed E-state index contributed by atoms with van der Waals surface area (Å²) >= 11 is 0. The van der Waals surface area contributed by atoms with Crippen molar-refractivity contribution in [3.05, 3.63) is 35.1 Å². The first-order valence-corrected chi connectivity index (χ1v) is 12.8. The molecule has 30 heavy (non-hydrogen) atoms. The van der Waals surface area contributed by atoms with E-state index in [0.29, 0.717) is 5.92 Å². The fraction of sp³-hybridized carbons (Fsp3) is 0.609. The number of hydrogen-bond donors (Lipinski definition) is 1. The maximum atomic E-state index is 12.9. The molecule has 2 aromatic rings. The summed E-state index contributed by atoms with van der Waals surface area (Å²) in [5.74, 6) is 0.417. The van der Waals surface area contributed by atoms with E-state index in [-0.39, 0.29) is 35.9 Å². The molecule has 1 aromatic carbocycles. The SMILES string of the molecule is Cc1cc2occ(CC(=O)NC3CS(=O)(=O)CC3N3CCCCC3)c2cc1C(C)C. The maximum absolute atomic E-state index is 12.9. The van der Waals surface area contributed by atoms with E-state index in [2.05, 4.69) is 37.1 Å². The Labute approximate surface area is 178 Å². The van der Waals surface area contributed by atoms with Crippen molar-refractivity contribution in [2.45, 2.75) is 64.5 Å². The van der Waals surface area contributed by atoms with E-state index in [0.717, 1.165) is 42.5 Å². The minimum Gasteiger partial charge on any atom is -0.464 e. The molecule has 4 rings (SSSR count). The number of furan rings is 1. The molecule has 2 saturated heterocycles. The fourth-order valence-electron chi connectivity index (χ4n) is 5.01. The van der Waals surface area contributed by atoms with Gasteiger partial charge in [0.2, 0.25) is 5.91 Å². The van der Waals surface area contributed by atoms with E-state index >= 15 is 0 Å². The van der Waals surface area contributed by atoms with Crippen molar-refractivity contribution in [1.82, 2.24) is 10.2 Å². The molecule has 0 aliphatic carbocycles. The predicted octanol–water partition coefficient (Wildman–Crippen LogP) is 3.17. The van der Waals surface area contributed by atoms with E-state index in [1.165, 1.54) is 17.5 Å². The summed E-state index contributed by atoms with van der Waals surface area (Å²) in [6.07, 6.45) is 5.22. The minimum atomic E-state index is -3.13. The van der Waals surface area contributed by atoms with Crippen LogP contribution in [0.5, 0.6) is 0 Å². The molecular formula is C23H32N2O4S. The Hall–Kier alpha value is -1.86. The first-order chi connectivity index (χ1) is 14.2. The average Bonchev–Trinajstić information content (AvgIpc) is 3.20. The molecule has 7 heteroatoms. The van der Waals surface area contributed by atoms with Crippen LogP contribution in [-0.2, 0) is 21.1 Å². The number of piperidine rings is 1. The molecule has 2 unspecified atom stereocenters. The molecule has 1 N–H and O–H groups in total. The van der Waals surface area contributed by atoms with Crippen molar-refractivity contribution < 1.29 is 17.6 Å². The van der Waals surface area contributed by atoms with Gasteiger partial charge in [0.25, 0.3) is 0 Å². The summed E-state index contributed by atoms with van der Waals surface area (Å²) in [5.41, 5.74) is 4.06. The standard InChI is InChI=1S/C23H32N2O4S/c1-15(2)18-11-19-17(12-29-22(19)9-16(18)3)10-23(26)24-20-13-30(27,28)14-21(20)25-7-5-4-6-8-25/h9,11-12,15,20-21H,4-8,10,13-14H2,1-3H3,(H,24,26). The van der Waals surface area contributed by atoms with Crippen LogP contribution in [0.15, 0.2) is 22.8 Å². The number of nitrogens with one attached hydrogen (secondary N) is 1. The molecule has 164 valence electrons. The molecule has 6 nitrogen and oxygen atoms in total. The van der Waals surface area contributed by atoms with Gasteiger partial charge in [-0.1, -0.05) is 20.3 Å². The highest BCUT2D eigenvalue weighted by molar-refractivity contribution is 7.91. The van der Waals surface area contributed by atoms with E-state index in [4.69, 9.17) is 4.42 Å². The highest BCUT2D eigenvalue weighted by Gasteiger charge is 2.41. The number of rotatable bonds is 5. The topological polar surface area (TPSA) is 79.6 Å². The molecule has 0 bridgehead atoms. The zero-order valence-corrected chi connectivity index (χ0v) is 18.9. The first-order valence-electron chi connectivity index (χ1n) is 11.0. The Morgan fingerprint density at radius 3 is 2.63 bits per heavy atom. The predicted molar refractivity (Wildman–Crippen MR) is 119 cm³/mol. The molecule has 0 saturated carbocycles. The second kappa shape index (κ2) is 8.35. The summed E-state index contributed by atoms with van der Waals surface area (Å²) < 4.78 is 30.3. The first kappa shape index (κ1) is 21.4. The summed E-state index contributed by atoms with van der Waals surface area (Å²) in [7, 11) is -3.13. The Kier molecular flexibility index (Phi) is 5.95. The van der Waals surface area contributed by atoms with Crippen LogP contribution in [0, 0.1) is 6.92 Å². The second-order valence-electron chi connectivity index (χ2n) is 9.21. The lowest BCUT2D eigenvalue weighted by Gasteiger charge is -2.35. The van der Waals surface area contributed by atoms with Gasteiger partial charge >= 0.3 is 0 Å². The Balaban J connectivity index is 1.50. The highest BCUT2D eigenvalue weighted by Crippen LogP contribution is 2.29.